The highest BCUT2D eigenvalue weighted by atomic mass is 35.5. The highest BCUT2D eigenvalue weighted by Gasteiger charge is 2.27. The molecule has 0 aromatic heterocycles. The van der Waals surface area contributed by atoms with Crippen LogP contribution < -0.4 is 10.1 Å². The summed E-state index contributed by atoms with van der Waals surface area (Å²) in [7, 11) is -3.70. The predicted octanol–water partition coefficient (Wildman–Crippen LogP) is 3.88. The zero-order chi connectivity index (χ0) is 22.4. The fraction of sp³-hybridized carbons (Fsp3) is 0.381. The SMILES string of the molecule is CC(C)Oc1ccc(S(=O)(=O)N2CCOCC2)cc1NC(=O)CSc1ccccc1Cl. The van der Waals surface area contributed by atoms with E-state index in [-0.39, 0.29) is 22.7 Å². The Bertz CT molecular complexity index is 1020. The molecule has 0 aliphatic carbocycles. The molecule has 0 atom stereocenters. The summed E-state index contributed by atoms with van der Waals surface area (Å²) < 4.78 is 38.4. The van der Waals surface area contributed by atoms with Crippen LogP contribution in [0.1, 0.15) is 13.8 Å². The normalized spacial score (nSPS) is 15.1. The Balaban J connectivity index is 1.80. The Morgan fingerprint density at radius 3 is 2.61 bits per heavy atom. The van der Waals surface area contributed by atoms with Gasteiger partial charge in [0.1, 0.15) is 5.75 Å². The molecule has 1 aliphatic rings. The molecular formula is C21H25ClN2O5S2. The average molecular weight is 485 g/mol. The highest BCUT2D eigenvalue weighted by Crippen LogP contribution is 2.31. The van der Waals surface area contributed by atoms with E-state index >= 15 is 0 Å². The molecule has 0 unspecified atom stereocenters. The van der Waals surface area contributed by atoms with Crippen molar-refractivity contribution >= 4 is 45.0 Å². The van der Waals surface area contributed by atoms with Crippen LogP contribution in [0.2, 0.25) is 5.02 Å². The standard InChI is InChI=1S/C21H25ClN2O5S2/c1-15(2)29-19-8-7-16(31(26,27)24-9-11-28-12-10-24)13-18(19)23-21(25)14-30-20-6-4-3-5-17(20)22/h3-8,13,15H,9-12,14H2,1-2H3,(H,23,25). The third-order valence-corrected chi connectivity index (χ3v) is 7.80. The van der Waals surface area contributed by atoms with Gasteiger partial charge in [-0.2, -0.15) is 4.31 Å². The molecule has 3 rings (SSSR count). The minimum Gasteiger partial charge on any atom is -0.489 e. The van der Waals surface area contributed by atoms with Crippen molar-refractivity contribution in [1.82, 2.24) is 4.31 Å². The second-order valence-corrected chi connectivity index (χ2v) is 10.5. The molecule has 31 heavy (non-hydrogen) atoms. The van der Waals surface area contributed by atoms with Crippen molar-refractivity contribution in [2.24, 2.45) is 0 Å². The van der Waals surface area contributed by atoms with Crippen molar-refractivity contribution in [1.29, 1.82) is 0 Å². The fourth-order valence-electron chi connectivity index (χ4n) is 2.95. The number of carbonyl (C=O) groups excluding carboxylic acids is 1. The van der Waals surface area contributed by atoms with Gasteiger partial charge in [-0.25, -0.2) is 8.42 Å². The van der Waals surface area contributed by atoms with Crippen LogP contribution in [0.4, 0.5) is 5.69 Å². The van der Waals surface area contributed by atoms with Gasteiger partial charge in [-0.1, -0.05) is 23.7 Å². The molecule has 7 nitrogen and oxygen atoms in total. The van der Waals surface area contributed by atoms with Crippen molar-refractivity contribution in [3.8, 4) is 5.75 Å². The van der Waals surface area contributed by atoms with E-state index in [9.17, 15) is 13.2 Å². The van der Waals surface area contributed by atoms with E-state index in [4.69, 9.17) is 21.1 Å². The number of nitrogens with one attached hydrogen (secondary N) is 1. The largest absolute Gasteiger partial charge is 0.489 e. The first-order valence-corrected chi connectivity index (χ1v) is 12.6. The van der Waals surface area contributed by atoms with Gasteiger partial charge in [0.15, 0.2) is 0 Å². The zero-order valence-corrected chi connectivity index (χ0v) is 19.7. The van der Waals surface area contributed by atoms with Gasteiger partial charge in [0.2, 0.25) is 15.9 Å². The second-order valence-electron chi connectivity index (χ2n) is 7.11. The number of hydrogen-bond acceptors (Lipinski definition) is 6. The second kappa shape index (κ2) is 10.7. The molecular weight excluding hydrogens is 460 g/mol. The summed E-state index contributed by atoms with van der Waals surface area (Å²) in [6.45, 7) is 5.02. The molecule has 1 N–H and O–H groups in total. The minimum absolute atomic E-state index is 0.0968. The van der Waals surface area contributed by atoms with Gasteiger partial charge in [0.25, 0.3) is 0 Å². The Kier molecular flexibility index (Phi) is 8.23. The van der Waals surface area contributed by atoms with Crippen molar-refractivity contribution in [2.45, 2.75) is 29.7 Å². The van der Waals surface area contributed by atoms with E-state index in [1.807, 2.05) is 32.0 Å². The van der Waals surface area contributed by atoms with Gasteiger partial charge in [0, 0.05) is 18.0 Å². The third-order valence-electron chi connectivity index (χ3n) is 4.39. The van der Waals surface area contributed by atoms with Gasteiger partial charge < -0.3 is 14.8 Å². The van der Waals surface area contributed by atoms with Crippen LogP contribution in [0, 0.1) is 0 Å². The number of morpholine rings is 1. The smallest absolute Gasteiger partial charge is 0.243 e. The highest BCUT2D eigenvalue weighted by molar-refractivity contribution is 8.00. The van der Waals surface area contributed by atoms with E-state index < -0.39 is 10.0 Å². The molecule has 0 bridgehead atoms. The topological polar surface area (TPSA) is 84.9 Å². The summed E-state index contributed by atoms with van der Waals surface area (Å²) in [5.41, 5.74) is 0.313. The van der Waals surface area contributed by atoms with Crippen LogP contribution in [0.25, 0.3) is 0 Å². The van der Waals surface area contributed by atoms with E-state index in [1.165, 1.54) is 28.2 Å². The number of halogens is 1. The van der Waals surface area contributed by atoms with Crippen LogP contribution in [0.3, 0.4) is 0 Å². The van der Waals surface area contributed by atoms with Crippen molar-refractivity contribution in [2.75, 3.05) is 37.4 Å². The number of hydrogen-bond donors (Lipinski definition) is 1. The van der Waals surface area contributed by atoms with Crippen LogP contribution in [0.5, 0.6) is 5.75 Å². The van der Waals surface area contributed by atoms with Gasteiger partial charge in [-0.05, 0) is 44.2 Å². The molecule has 1 fully saturated rings. The number of carbonyl (C=O) groups is 1. The Morgan fingerprint density at radius 1 is 1.23 bits per heavy atom. The van der Waals surface area contributed by atoms with E-state index in [0.717, 1.165) is 4.90 Å². The molecule has 2 aromatic rings. The molecule has 0 spiro atoms. The van der Waals surface area contributed by atoms with Gasteiger partial charge in [-0.15, -0.1) is 11.8 Å². The maximum Gasteiger partial charge on any atom is 0.243 e. The molecule has 2 aromatic carbocycles. The van der Waals surface area contributed by atoms with Crippen molar-refractivity contribution < 1.29 is 22.7 Å². The predicted molar refractivity (Wildman–Crippen MR) is 123 cm³/mol. The van der Waals surface area contributed by atoms with Crippen LogP contribution in [-0.4, -0.2) is 56.8 Å². The summed E-state index contributed by atoms with van der Waals surface area (Å²) in [6, 6.07) is 11.8. The summed E-state index contributed by atoms with van der Waals surface area (Å²) in [4.78, 5) is 13.5. The Hall–Kier alpha value is -1.78. The number of benzene rings is 2. The lowest BCUT2D eigenvalue weighted by atomic mass is 10.3. The quantitative estimate of drug-likeness (QED) is 0.572. The lowest BCUT2D eigenvalue weighted by molar-refractivity contribution is -0.113. The number of sulfonamides is 1. The van der Waals surface area contributed by atoms with Gasteiger partial charge >= 0.3 is 0 Å². The summed E-state index contributed by atoms with van der Waals surface area (Å²) >= 11 is 7.44. The molecule has 1 aliphatic heterocycles. The first-order valence-electron chi connectivity index (χ1n) is 9.83. The number of nitrogens with zero attached hydrogens (tertiary/aromatic N) is 1. The van der Waals surface area contributed by atoms with Crippen molar-refractivity contribution in [3.05, 3.63) is 47.5 Å². The molecule has 1 amide bonds. The molecule has 1 heterocycles. The molecule has 1 saturated heterocycles. The van der Waals surface area contributed by atoms with Crippen molar-refractivity contribution in [3.63, 3.8) is 0 Å². The maximum absolute atomic E-state index is 13.0. The van der Waals surface area contributed by atoms with Gasteiger partial charge in [0.05, 0.1) is 40.7 Å². The number of ether oxygens (including phenoxy) is 2. The maximum atomic E-state index is 13.0. The van der Waals surface area contributed by atoms with E-state index in [2.05, 4.69) is 5.32 Å². The summed E-state index contributed by atoms with van der Waals surface area (Å²) in [5.74, 6) is 0.233. The summed E-state index contributed by atoms with van der Waals surface area (Å²) in [6.07, 6.45) is -0.144. The first kappa shape index (κ1) is 23.9. The van der Waals surface area contributed by atoms with E-state index in [0.29, 0.717) is 42.8 Å². The number of anilines is 1. The molecule has 0 saturated carbocycles. The lowest BCUT2D eigenvalue weighted by Crippen LogP contribution is -2.40. The van der Waals surface area contributed by atoms with Crippen LogP contribution >= 0.6 is 23.4 Å². The average Bonchev–Trinajstić information content (AvgIpc) is 2.74. The lowest BCUT2D eigenvalue weighted by Gasteiger charge is -2.26. The number of thioether (sulfide) groups is 1. The fourth-order valence-corrected chi connectivity index (χ4v) is 5.42. The minimum atomic E-state index is -3.70. The Morgan fingerprint density at radius 2 is 1.94 bits per heavy atom. The molecule has 10 heteroatoms. The van der Waals surface area contributed by atoms with Gasteiger partial charge in [-0.3, -0.25) is 4.79 Å². The molecule has 0 radical (unpaired) electrons. The number of rotatable bonds is 8. The number of amides is 1. The summed E-state index contributed by atoms with van der Waals surface area (Å²) in [5, 5.41) is 3.36. The van der Waals surface area contributed by atoms with Crippen LogP contribution in [-0.2, 0) is 19.6 Å². The third kappa shape index (κ3) is 6.36. The van der Waals surface area contributed by atoms with Crippen LogP contribution in [0.15, 0.2) is 52.3 Å². The van der Waals surface area contributed by atoms with E-state index in [1.54, 1.807) is 12.1 Å². The Labute approximate surface area is 192 Å². The monoisotopic (exact) mass is 484 g/mol. The first-order chi connectivity index (χ1) is 14.8. The zero-order valence-electron chi connectivity index (χ0n) is 17.3. The molecule has 168 valence electrons.